The van der Waals surface area contributed by atoms with Gasteiger partial charge in [0, 0.05) is 13.2 Å². The molecule has 1 rings (SSSR count). The van der Waals surface area contributed by atoms with Crippen molar-refractivity contribution in [1.82, 2.24) is 5.32 Å². The molecule has 1 saturated carbocycles. The van der Waals surface area contributed by atoms with E-state index in [0.29, 0.717) is 18.8 Å². The van der Waals surface area contributed by atoms with Crippen LogP contribution in [-0.2, 0) is 9.47 Å². The van der Waals surface area contributed by atoms with Crippen molar-refractivity contribution in [1.29, 1.82) is 0 Å². The summed E-state index contributed by atoms with van der Waals surface area (Å²) in [5.41, 5.74) is 0. The van der Waals surface area contributed by atoms with Crippen molar-refractivity contribution in [2.24, 2.45) is 0 Å². The van der Waals surface area contributed by atoms with E-state index in [-0.39, 0.29) is 0 Å². The maximum atomic E-state index is 5.77. The Balaban J connectivity index is 2.14. The number of hydrogen-bond donors (Lipinski definition) is 1. The van der Waals surface area contributed by atoms with Crippen LogP contribution in [0.2, 0.25) is 0 Å². The van der Waals surface area contributed by atoms with E-state index >= 15 is 0 Å². The van der Waals surface area contributed by atoms with Crippen LogP contribution in [0.25, 0.3) is 0 Å². The first-order valence-corrected chi connectivity index (χ1v) is 5.72. The second-order valence-corrected chi connectivity index (χ2v) is 3.89. The van der Waals surface area contributed by atoms with Gasteiger partial charge in [0.25, 0.3) is 0 Å². The Morgan fingerprint density at radius 3 is 2.86 bits per heavy atom. The molecule has 0 spiro atoms. The van der Waals surface area contributed by atoms with Crippen LogP contribution in [0.4, 0.5) is 0 Å². The quantitative estimate of drug-likeness (QED) is 0.634. The van der Waals surface area contributed by atoms with Gasteiger partial charge in [-0.3, -0.25) is 0 Å². The topological polar surface area (TPSA) is 30.5 Å². The molecular formula is C11H23NO2. The van der Waals surface area contributed by atoms with Crippen LogP contribution in [0.1, 0.15) is 32.6 Å². The lowest BCUT2D eigenvalue weighted by Crippen LogP contribution is -2.38. The maximum absolute atomic E-state index is 5.77. The monoisotopic (exact) mass is 201 g/mol. The maximum Gasteiger partial charge on any atom is 0.0729 e. The third-order valence-electron chi connectivity index (χ3n) is 2.73. The Morgan fingerprint density at radius 1 is 1.29 bits per heavy atom. The third-order valence-corrected chi connectivity index (χ3v) is 2.73. The van der Waals surface area contributed by atoms with Crippen molar-refractivity contribution in [3.05, 3.63) is 0 Å². The van der Waals surface area contributed by atoms with Gasteiger partial charge in [0.15, 0.2) is 0 Å². The summed E-state index contributed by atoms with van der Waals surface area (Å²) < 4.78 is 10.7. The Hall–Kier alpha value is -0.120. The SMILES string of the molecule is CCCNC1CCCC1OCCOC. The molecule has 3 heteroatoms. The molecule has 0 heterocycles. The summed E-state index contributed by atoms with van der Waals surface area (Å²) in [6.45, 7) is 4.74. The zero-order valence-corrected chi connectivity index (χ0v) is 9.42. The Labute approximate surface area is 87.2 Å². The van der Waals surface area contributed by atoms with Gasteiger partial charge in [-0.1, -0.05) is 6.92 Å². The molecule has 0 radical (unpaired) electrons. The standard InChI is InChI=1S/C11H23NO2/c1-3-7-12-10-5-4-6-11(10)14-9-8-13-2/h10-12H,3-9H2,1-2H3. The van der Waals surface area contributed by atoms with E-state index in [1.807, 2.05) is 0 Å². The molecule has 0 bridgehead atoms. The van der Waals surface area contributed by atoms with E-state index in [2.05, 4.69) is 12.2 Å². The highest BCUT2D eigenvalue weighted by atomic mass is 16.5. The van der Waals surface area contributed by atoms with Gasteiger partial charge in [-0.05, 0) is 32.2 Å². The molecule has 1 fully saturated rings. The molecule has 1 aliphatic carbocycles. The zero-order chi connectivity index (χ0) is 10.2. The summed E-state index contributed by atoms with van der Waals surface area (Å²) in [6, 6.07) is 0.576. The molecule has 84 valence electrons. The highest BCUT2D eigenvalue weighted by molar-refractivity contribution is 4.83. The normalized spacial score (nSPS) is 27.0. The van der Waals surface area contributed by atoms with Crippen molar-refractivity contribution in [2.45, 2.75) is 44.8 Å². The van der Waals surface area contributed by atoms with Crippen molar-refractivity contribution in [3.63, 3.8) is 0 Å². The van der Waals surface area contributed by atoms with Gasteiger partial charge in [-0.15, -0.1) is 0 Å². The predicted octanol–water partition coefficient (Wildman–Crippen LogP) is 1.57. The zero-order valence-electron chi connectivity index (χ0n) is 9.42. The molecule has 0 aromatic carbocycles. The number of ether oxygens (including phenoxy) is 2. The van der Waals surface area contributed by atoms with Crippen LogP contribution in [-0.4, -0.2) is 39.0 Å². The first-order chi connectivity index (χ1) is 6.88. The largest absolute Gasteiger partial charge is 0.382 e. The van der Waals surface area contributed by atoms with Gasteiger partial charge in [-0.25, -0.2) is 0 Å². The van der Waals surface area contributed by atoms with E-state index in [4.69, 9.17) is 9.47 Å². The highest BCUT2D eigenvalue weighted by Gasteiger charge is 2.26. The molecule has 1 aliphatic rings. The summed E-state index contributed by atoms with van der Waals surface area (Å²) in [5, 5.41) is 3.54. The van der Waals surface area contributed by atoms with Crippen molar-refractivity contribution >= 4 is 0 Å². The summed E-state index contributed by atoms with van der Waals surface area (Å²) in [4.78, 5) is 0. The number of hydrogen-bond acceptors (Lipinski definition) is 3. The fraction of sp³-hybridized carbons (Fsp3) is 1.00. The molecule has 3 nitrogen and oxygen atoms in total. The van der Waals surface area contributed by atoms with Crippen LogP contribution < -0.4 is 5.32 Å². The van der Waals surface area contributed by atoms with Gasteiger partial charge in [0.2, 0.25) is 0 Å². The molecule has 0 aliphatic heterocycles. The predicted molar refractivity (Wildman–Crippen MR) is 57.5 cm³/mol. The van der Waals surface area contributed by atoms with Gasteiger partial charge in [-0.2, -0.15) is 0 Å². The minimum absolute atomic E-state index is 0.414. The average Bonchev–Trinajstić information content (AvgIpc) is 2.63. The van der Waals surface area contributed by atoms with Crippen LogP contribution >= 0.6 is 0 Å². The van der Waals surface area contributed by atoms with Crippen LogP contribution in [0.3, 0.4) is 0 Å². The van der Waals surface area contributed by atoms with Crippen molar-refractivity contribution in [2.75, 3.05) is 26.9 Å². The molecule has 0 amide bonds. The Morgan fingerprint density at radius 2 is 2.14 bits per heavy atom. The van der Waals surface area contributed by atoms with Crippen molar-refractivity contribution < 1.29 is 9.47 Å². The first-order valence-electron chi connectivity index (χ1n) is 5.72. The summed E-state index contributed by atoms with van der Waals surface area (Å²) in [5.74, 6) is 0. The van der Waals surface area contributed by atoms with Gasteiger partial charge in [0.1, 0.15) is 0 Å². The lowest BCUT2D eigenvalue weighted by Gasteiger charge is -2.21. The summed E-state index contributed by atoms with van der Waals surface area (Å²) >= 11 is 0. The molecule has 0 saturated heterocycles. The van der Waals surface area contributed by atoms with Crippen LogP contribution in [0, 0.1) is 0 Å². The van der Waals surface area contributed by atoms with Gasteiger partial charge < -0.3 is 14.8 Å². The smallest absolute Gasteiger partial charge is 0.0729 e. The third kappa shape index (κ3) is 3.95. The lowest BCUT2D eigenvalue weighted by atomic mass is 10.2. The number of methoxy groups -OCH3 is 1. The van der Waals surface area contributed by atoms with Crippen LogP contribution in [0.5, 0.6) is 0 Å². The number of rotatable bonds is 7. The van der Waals surface area contributed by atoms with E-state index < -0.39 is 0 Å². The molecule has 0 aromatic heterocycles. The van der Waals surface area contributed by atoms with Crippen LogP contribution in [0.15, 0.2) is 0 Å². The second-order valence-electron chi connectivity index (χ2n) is 3.89. The fourth-order valence-corrected chi connectivity index (χ4v) is 1.97. The molecular weight excluding hydrogens is 178 g/mol. The fourth-order valence-electron chi connectivity index (χ4n) is 1.97. The first kappa shape index (κ1) is 12.0. The van der Waals surface area contributed by atoms with E-state index in [1.54, 1.807) is 7.11 Å². The molecule has 0 aromatic rings. The molecule has 1 N–H and O–H groups in total. The lowest BCUT2D eigenvalue weighted by molar-refractivity contribution is 0.00832. The van der Waals surface area contributed by atoms with Crippen molar-refractivity contribution in [3.8, 4) is 0 Å². The van der Waals surface area contributed by atoms with E-state index in [1.165, 1.54) is 25.7 Å². The minimum atomic E-state index is 0.414. The van der Waals surface area contributed by atoms with Gasteiger partial charge >= 0.3 is 0 Å². The molecule has 2 atom stereocenters. The summed E-state index contributed by atoms with van der Waals surface area (Å²) in [6.07, 6.45) is 5.36. The number of nitrogens with one attached hydrogen (secondary N) is 1. The highest BCUT2D eigenvalue weighted by Crippen LogP contribution is 2.21. The minimum Gasteiger partial charge on any atom is -0.382 e. The Bertz CT molecular complexity index is 141. The van der Waals surface area contributed by atoms with Gasteiger partial charge in [0.05, 0.1) is 19.3 Å². The van der Waals surface area contributed by atoms with E-state index in [0.717, 1.165) is 13.2 Å². The summed E-state index contributed by atoms with van der Waals surface area (Å²) in [7, 11) is 1.71. The Kier molecular flexibility index (Phi) is 6.15. The molecule has 14 heavy (non-hydrogen) atoms. The average molecular weight is 201 g/mol. The van der Waals surface area contributed by atoms with E-state index in [9.17, 15) is 0 Å². The second kappa shape index (κ2) is 7.21. The molecule has 2 unspecified atom stereocenters.